The molecule has 1 aromatic carbocycles. The van der Waals surface area contributed by atoms with E-state index in [2.05, 4.69) is 34.7 Å². The molecule has 3 N–H and O–H groups in total. The lowest BCUT2D eigenvalue weighted by molar-refractivity contribution is -0.119. The van der Waals surface area contributed by atoms with Crippen LogP contribution in [0.5, 0.6) is 0 Å². The molecule has 22 heavy (non-hydrogen) atoms. The SMILES string of the molecule is Cc1c(NC(=O)C(C)(C)Nc2ccccc2)n[nH]c1C(C)C. The number of rotatable bonds is 5. The van der Waals surface area contributed by atoms with Crippen LogP contribution in [0.1, 0.15) is 44.9 Å². The third-order valence-corrected chi connectivity index (χ3v) is 3.65. The molecule has 0 atom stereocenters. The predicted molar refractivity (Wildman–Crippen MR) is 90.2 cm³/mol. The molecule has 2 rings (SSSR count). The summed E-state index contributed by atoms with van der Waals surface area (Å²) in [6.07, 6.45) is 0. The summed E-state index contributed by atoms with van der Waals surface area (Å²) in [7, 11) is 0. The van der Waals surface area contributed by atoms with Crippen LogP contribution >= 0.6 is 0 Å². The third kappa shape index (κ3) is 3.47. The Balaban J connectivity index is 2.11. The van der Waals surface area contributed by atoms with Crippen LogP contribution in [0.25, 0.3) is 0 Å². The van der Waals surface area contributed by atoms with E-state index in [1.54, 1.807) is 0 Å². The number of aromatic nitrogens is 2. The van der Waals surface area contributed by atoms with Gasteiger partial charge in [-0.2, -0.15) is 5.10 Å². The number of carbonyl (C=O) groups is 1. The summed E-state index contributed by atoms with van der Waals surface area (Å²) in [5, 5.41) is 13.3. The molecular weight excluding hydrogens is 276 g/mol. The minimum absolute atomic E-state index is 0.124. The molecule has 0 bridgehead atoms. The molecule has 0 fully saturated rings. The summed E-state index contributed by atoms with van der Waals surface area (Å²) in [6, 6.07) is 9.68. The van der Waals surface area contributed by atoms with Crippen LogP contribution in [-0.4, -0.2) is 21.6 Å². The Morgan fingerprint density at radius 1 is 1.23 bits per heavy atom. The Labute approximate surface area is 131 Å². The van der Waals surface area contributed by atoms with Gasteiger partial charge < -0.3 is 10.6 Å². The first-order chi connectivity index (χ1) is 10.3. The highest BCUT2D eigenvalue weighted by Crippen LogP contribution is 2.23. The smallest absolute Gasteiger partial charge is 0.250 e. The fourth-order valence-electron chi connectivity index (χ4n) is 2.30. The van der Waals surface area contributed by atoms with E-state index in [9.17, 15) is 4.79 Å². The predicted octanol–water partition coefficient (Wildman–Crippen LogP) is 3.67. The molecular formula is C17H24N4O. The summed E-state index contributed by atoms with van der Waals surface area (Å²) >= 11 is 0. The number of benzene rings is 1. The number of H-pyrrole nitrogens is 1. The number of amides is 1. The van der Waals surface area contributed by atoms with Crippen LogP contribution in [0, 0.1) is 6.92 Å². The van der Waals surface area contributed by atoms with Gasteiger partial charge in [0.05, 0.1) is 0 Å². The average Bonchev–Trinajstić information content (AvgIpc) is 2.81. The molecule has 0 unspecified atom stereocenters. The van der Waals surface area contributed by atoms with Crippen molar-refractivity contribution in [1.29, 1.82) is 0 Å². The molecule has 0 aliphatic carbocycles. The Bertz CT molecular complexity index is 644. The maximum atomic E-state index is 12.5. The fourth-order valence-corrected chi connectivity index (χ4v) is 2.30. The van der Waals surface area contributed by atoms with Gasteiger partial charge in [-0.15, -0.1) is 0 Å². The van der Waals surface area contributed by atoms with E-state index in [0.717, 1.165) is 16.9 Å². The van der Waals surface area contributed by atoms with Gasteiger partial charge in [0.1, 0.15) is 5.54 Å². The first-order valence-electron chi connectivity index (χ1n) is 7.51. The van der Waals surface area contributed by atoms with Crippen molar-refractivity contribution in [1.82, 2.24) is 10.2 Å². The molecule has 2 aromatic rings. The van der Waals surface area contributed by atoms with Crippen molar-refractivity contribution in [3.63, 3.8) is 0 Å². The lowest BCUT2D eigenvalue weighted by Gasteiger charge is -2.26. The summed E-state index contributed by atoms with van der Waals surface area (Å²) < 4.78 is 0. The first-order valence-corrected chi connectivity index (χ1v) is 7.51. The average molecular weight is 300 g/mol. The number of carbonyl (C=O) groups excluding carboxylic acids is 1. The summed E-state index contributed by atoms with van der Waals surface area (Å²) in [4.78, 5) is 12.5. The van der Waals surface area contributed by atoms with Gasteiger partial charge >= 0.3 is 0 Å². The second-order valence-corrected chi connectivity index (χ2v) is 6.34. The van der Waals surface area contributed by atoms with Crippen molar-refractivity contribution in [3.05, 3.63) is 41.6 Å². The molecule has 0 spiro atoms. The minimum Gasteiger partial charge on any atom is -0.372 e. The highest BCUT2D eigenvalue weighted by molar-refractivity contribution is 5.99. The van der Waals surface area contributed by atoms with Crippen LogP contribution < -0.4 is 10.6 Å². The second kappa shape index (κ2) is 6.22. The normalized spacial score (nSPS) is 11.5. The van der Waals surface area contributed by atoms with Gasteiger partial charge in [0, 0.05) is 16.9 Å². The fraction of sp³-hybridized carbons (Fsp3) is 0.412. The van der Waals surface area contributed by atoms with Gasteiger partial charge in [-0.25, -0.2) is 0 Å². The van der Waals surface area contributed by atoms with E-state index in [0.29, 0.717) is 11.7 Å². The zero-order chi connectivity index (χ0) is 16.3. The minimum atomic E-state index is -0.745. The highest BCUT2D eigenvalue weighted by atomic mass is 16.2. The van der Waals surface area contributed by atoms with Crippen molar-refractivity contribution < 1.29 is 4.79 Å². The molecule has 0 radical (unpaired) electrons. The zero-order valence-electron chi connectivity index (χ0n) is 13.8. The third-order valence-electron chi connectivity index (χ3n) is 3.65. The lowest BCUT2D eigenvalue weighted by Crippen LogP contribution is -2.44. The van der Waals surface area contributed by atoms with E-state index >= 15 is 0 Å². The molecule has 5 heteroatoms. The van der Waals surface area contributed by atoms with Crippen molar-refractivity contribution >= 4 is 17.4 Å². The number of anilines is 2. The number of nitrogens with one attached hydrogen (secondary N) is 3. The van der Waals surface area contributed by atoms with Gasteiger partial charge in [0.2, 0.25) is 0 Å². The number of para-hydroxylation sites is 1. The monoisotopic (exact) mass is 300 g/mol. The van der Waals surface area contributed by atoms with E-state index in [1.807, 2.05) is 51.1 Å². The Morgan fingerprint density at radius 2 is 1.86 bits per heavy atom. The lowest BCUT2D eigenvalue weighted by atomic mass is 10.0. The number of aromatic amines is 1. The van der Waals surface area contributed by atoms with Crippen molar-refractivity contribution in [2.45, 2.75) is 46.1 Å². The summed E-state index contributed by atoms with van der Waals surface area (Å²) in [6.45, 7) is 9.84. The van der Waals surface area contributed by atoms with E-state index in [1.165, 1.54) is 0 Å². The summed E-state index contributed by atoms with van der Waals surface area (Å²) in [5.41, 5.74) is 2.19. The standard InChI is InChI=1S/C17H24N4O/c1-11(2)14-12(3)15(21-20-14)18-16(22)17(4,5)19-13-9-7-6-8-10-13/h6-11,19H,1-5H3,(H2,18,20,21,22). The van der Waals surface area contributed by atoms with Crippen molar-refractivity contribution in [3.8, 4) is 0 Å². The van der Waals surface area contributed by atoms with Crippen molar-refractivity contribution in [2.75, 3.05) is 10.6 Å². The molecule has 1 heterocycles. The van der Waals surface area contributed by atoms with Gasteiger partial charge in [0.25, 0.3) is 5.91 Å². The summed E-state index contributed by atoms with van der Waals surface area (Å²) in [5.74, 6) is 0.812. The van der Waals surface area contributed by atoms with Crippen LogP contribution in [0.15, 0.2) is 30.3 Å². The zero-order valence-corrected chi connectivity index (χ0v) is 13.8. The van der Waals surface area contributed by atoms with Gasteiger partial charge in [0.15, 0.2) is 5.82 Å². The first kappa shape index (κ1) is 16.1. The van der Waals surface area contributed by atoms with Gasteiger partial charge in [-0.05, 0) is 38.8 Å². The molecule has 0 saturated heterocycles. The van der Waals surface area contributed by atoms with E-state index in [4.69, 9.17) is 0 Å². The molecule has 1 aromatic heterocycles. The quantitative estimate of drug-likeness (QED) is 0.789. The van der Waals surface area contributed by atoms with Crippen LogP contribution in [0.4, 0.5) is 11.5 Å². The molecule has 1 amide bonds. The molecule has 118 valence electrons. The van der Waals surface area contributed by atoms with E-state index < -0.39 is 5.54 Å². The Morgan fingerprint density at radius 3 is 2.41 bits per heavy atom. The topological polar surface area (TPSA) is 69.8 Å². The largest absolute Gasteiger partial charge is 0.372 e. The molecule has 5 nitrogen and oxygen atoms in total. The van der Waals surface area contributed by atoms with Crippen LogP contribution in [0.3, 0.4) is 0 Å². The maximum Gasteiger partial charge on any atom is 0.250 e. The number of hydrogen-bond acceptors (Lipinski definition) is 3. The Hall–Kier alpha value is -2.30. The molecule has 0 aliphatic rings. The van der Waals surface area contributed by atoms with Crippen molar-refractivity contribution in [2.24, 2.45) is 0 Å². The van der Waals surface area contributed by atoms with Crippen LogP contribution in [0.2, 0.25) is 0 Å². The maximum absolute atomic E-state index is 12.5. The number of nitrogens with zero attached hydrogens (tertiary/aromatic N) is 1. The van der Waals surface area contributed by atoms with Crippen LogP contribution in [-0.2, 0) is 4.79 Å². The van der Waals surface area contributed by atoms with Gasteiger partial charge in [-0.1, -0.05) is 32.0 Å². The molecule has 0 aliphatic heterocycles. The van der Waals surface area contributed by atoms with Gasteiger partial charge in [-0.3, -0.25) is 9.89 Å². The highest BCUT2D eigenvalue weighted by Gasteiger charge is 2.28. The van der Waals surface area contributed by atoms with E-state index in [-0.39, 0.29) is 5.91 Å². The Kier molecular flexibility index (Phi) is 4.54. The molecule has 0 saturated carbocycles. The second-order valence-electron chi connectivity index (χ2n) is 6.34. The number of hydrogen-bond donors (Lipinski definition) is 3.